The highest BCUT2D eigenvalue weighted by atomic mass is 32.2. The number of thioether (sulfide) groups is 1. The number of fused-ring (bicyclic) bond motifs is 1. The smallest absolute Gasteiger partial charge is 0.335 e. The average molecular weight is 265 g/mol. The molecule has 0 aromatic heterocycles. The predicted molar refractivity (Wildman–Crippen MR) is 71.4 cm³/mol. The zero-order chi connectivity index (χ0) is 13.3. The maximum atomic E-state index is 12.1. The van der Waals surface area contributed by atoms with Gasteiger partial charge in [0.1, 0.15) is 0 Å². The largest absolute Gasteiger partial charge is 0.478 e. The fraction of sp³-hybridized carbons (Fsp3) is 0.385. The van der Waals surface area contributed by atoms with Gasteiger partial charge in [0, 0.05) is 11.4 Å². The Morgan fingerprint density at radius 2 is 2.22 bits per heavy atom. The first-order chi connectivity index (χ1) is 8.54. The summed E-state index contributed by atoms with van der Waals surface area (Å²) in [5, 5.41) is 8.90. The summed E-state index contributed by atoms with van der Waals surface area (Å²) in [6, 6.07) is 4.96. The van der Waals surface area contributed by atoms with E-state index in [1.165, 1.54) is 11.8 Å². The highest BCUT2D eigenvalue weighted by molar-refractivity contribution is 8.00. The number of rotatable bonds is 3. The van der Waals surface area contributed by atoms with Gasteiger partial charge in [-0.3, -0.25) is 4.79 Å². The molecule has 1 heterocycles. The lowest BCUT2D eigenvalue weighted by Gasteiger charge is -2.32. The molecule has 1 aromatic rings. The maximum absolute atomic E-state index is 12.1. The molecule has 0 bridgehead atoms. The minimum Gasteiger partial charge on any atom is -0.478 e. The second-order valence-corrected chi connectivity index (χ2v) is 5.62. The van der Waals surface area contributed by atoms with Crippen molar-refractivity contribution in [3.63, 3.8) is 0 Å². The van der Waals surface area contributed by atoms with E-state index in [9.17, 15) is 9.59 Å². The van der Waals surface area contributed by atoms with Crippen molar-refractivity contribution in [2.75, 3.05) is 11.4 Å². The van der Waals surface area contributed by atoms with E-state index in [1.807, 2.05) is 13.8 Å². The monoisotopic (exact) mass is 265 g/mol. The molecule has 1 aromatic carbocycles. The molecule has 0 fully saturated rings. The van der Waals surface area contributed by atoms with E-state index in [-0.39, 0.29) is 16.7 Å². The van der Waals surface area contributed by atoms with Gasteiger partial charge >= 0.3 is 5.97 Å². The van der Waals surface area contributed by atoms with E-state index < -0.39 is 5.97 Å². The van der Waals surface area contributed by atoms with Crippen LogP contribution in [-0.4, -0.2) is 28.8 Å². The number of amides is 1. The lowest BCUT2D eigenvalue weighted by atomic mass is 10.1. The molecule has 2 rings (SSSR count). The fourth-order valence-electron chi connectivity index (χ4n) is 1.99. The minimum absolute atomic E-state index is 0.0527. The molecule has 0 saturated carbocycles. The summed E-state index contributed by atoms with van der Waals surface area (Å²) in [6.45, 7) is 4.50. The van der Waals surface area contributed by atoms with Crippen LogP contribution in [0.25, 0.3) is 0 Å². The van der Waals surface area contributed by atoms with Gasteiger partial charge in [0.05, 0.1) is 16.5 Å². The molecule has 1 unspecified atom stereocenters. The summed E-state index contributed by atoms with van der Waals surface area (Å²) in [5.41, 5.74) is 0.947. The Morgan fingerprint density at radius 1 is 1.50 bits per heavy atom. The van der Waals surface area contributed by atoms with Crippen molar-refractivity contribution in [3.05, 3.63) is 23.8 Å². The number of carboxylic acids is 1. The van der Waals surface area contributed by atoms with Gasteiger partial charge in [-0.1, -0.05) is 6.92 Å². The van der Waals surface area contributed by atoms with Crippen molar-refractivity contribution in [2.45, 2.75) is 30.4 Å². The summed E-state index contributed by atoms with van der Waals surface area (Å²) in [5.74, 6) is -0.915. The Balaban J connectivity index is 2.48. The van der Waals surface area contributed by atoms with Crippen LogP contribution in [0.15, 0.2) is 23.1 Å². The topological polar surface area (TPSA) is 57.6 Å². The Kier molecular flexibility index (Phi) is 3.61. The molecule has 1 aliphatic rings. The number of anilines is 1. The van der Waals surface area contributed by atoms with Gasteiger partial charge in [0.25, 0.3) is 0 Å². The van der Waals surface area contributed by atoms with Crippen LogP contribution in [0, 0.1) is 0 Å². The second-order valence-electron chi connectivity index (χ2n) is 4.24. The predicted octanol–water partition coefficient (Wildman–Crippen LogP) is 2.62. The molecular formula is C13H15NO3S. The van der Waals surface area contributed by atoms with Crippen LogP contribution in [-0.2, 0) is 4.79 Å². The lowest BCUT2D eigenvalue weighted by molar-refractivity contribution is -0.118. The van der Waals surface area contributed by atoms with E-state index in [0.717, 1.165) is 17.0 Å². The molecule has 1 atom stereocenters. The zero-order valence-corrected chi connectivity index (χ0v) is 11.2. The van der Waals surface area contributed by atoms with Crippen LogP contribution in [0.1, 0.15) is 30.6 Å². The van der Waals surface area contributed by atoms with E-state index in [4.69, 9.17) is 5.11 Å². The maximum Gasteiger partial charge on any atom is 0.335 e. The summed E-state index contributed by atoms with van der Waals surface area (Å²) in [6.07, 6.45) is 0.847. The number of hydrogen-bond donors (Lipinski definition) is 1. The number of carbonyl (C=O) groups is 2. The third-order valence-electron chi connectivity index (χ3n) is 2.86. The molecule has 0 aliphatic carbocycles. The fourth-order valence-corrected chi connectivity index (χ4v) is 3.04. The van der Waals surface area contributed by atoms with Crippen LogP contribution < -0.4 is 4.90 Å². The second kappa shape index (κ2) is 5.02. The van der Waals surface area contributed by atoms with Gasteiger partial charge in [-0.05, 0) is 31.5 Å². The number of nitrogens with zero attached hydrogens (tertiary/aromatic N) is 1. The molecule has 1 N–H and O–H groups in total. The number of hydrogen-bond acceptors (Lipinski definition) is 3. The first-order valence-corrected chi connectivity index (χ1v) is 6.78. The van der Waals surface area contributed by atoms with E-state index in [2.05, 4.69) is 0 Å². The molecule has 4 nitrogen and oxygen atoms in total. The zero-order valence-electron chi connectivity index (χ0n) is 10.3. The third kappa shape index (κ3) is 2.22. The molecule has 0 spiro atoms. The van der Waals surface area contributed by atoms with E-state index in [1.54, 1.807) is 23.1 Å². The first-order valence-electron chi connectivity index (χ1n) is 5.90. The first kappa shape index (κ1) is 13.0. The van der Waals surface area contributed by atoms with E-state index in [0.29, 0.717) is 6.54 Å². The Labute approximate surface area is 110 Å². The van der Waals surface area contributed by atoms with Gasteiger partial charge in [-0.2, -0.15) is 0 Å². The standard InChI is InChI=1S/C13H15NO3S/c1-3-6-14-10-7-9(13(16)17)4-5-11(10)18-8(2)12(14)15/h4-5,7-8H,3,6H2,1-2H3,(H,16,17). The lowest BCUT2D eigenvalue weighted by Crippen LogP contribution is -2.40. The molecular weight excluding hydrogens is 250 g/mol. The molecule has 96 valence electrons. The van der Waals surface area contributed by atoms with Crippen molar-refractivity contribution in [3.8, 4) is 0 Å². The number of benzene rings is 1. The van der Waals surface area contributed by atoms with Crippen LogP contribution in [0.4, 0.5) is 5.69 Å². The van der Waals surface area contributed by atoms with Crippen LogP contribution in [0.3, 0.4) is 0 Å². The summed E-state index contributed by atoms with van der Waals surface area (Å²) in [7, 11) is 0. The molecule has 1 aliphatic heterocycles. The van der Waals surface area contributed by atoms with Crippen LogP contribution in [0.5, 0.6) is 0 Å². The van der Waals surface area contributed by atoms with Crippen molar-refractivity contribution in [1.82, 2.24) is 0 Å². The van der Waals surface area contributed by atoms with E-state index >= 15 is 0 Å². The van der Waals surface area contributed by atoms with Gasteiger partial charge in [-0.25, -0.2) is 4.79 Å². The average Bonchev–Trinajstić information content (AvgIpc) is 2.34. The summed E-state index contributed by atoms with van der Waals surface area (Å²) in [4.78, 5) is 25.8. The van der Waals surface area contributed by atoms with Crippen LogP contribution >= 0.6 is 11.8 Å². The SMILES string of the molecule is CCCN1C(=O)C(C)Sc2ccc(C(=O)O)cc21. The van der Waals surface area contributed by atoms with Crippen molar-refractivity contribution < 1.29 is 14.7 Å². The van der Waals surface area contributed by atoms with Crippen molar-refractivity contribution in [2.24, 2.45) is 0 Å². The third-order valence-corrected chi connectivity index (χ3v) is 4.02. The Bertz CT molecular complexity index is 501. The Morgan fingerprint density at radius 3 is 2.83 bits per heavy atom. The van der Waals surface area contributed by atoms with Crippen molar-refractivity contribution >= 4 is 29.3 Å². The van der Waals surface area contributed by atoms with Gasteiger partial charge < -0.3 is 10.0 Å². The van der Waals surface area contributed by atoms with Gasteiger partial charge in [0.15, 0.2) is 0 Å². The number of carboxylic acid groups (broad SMARTS) is 1. The Hall–Kier alpha value is -1.49. The van der Waals surface area contributed by atoms with Gasteiger partial charge in [-0.15, -0.1) is 11.8 Å². The molecule has 0 saturated heterocycles. The van der Waals surface area contributed by atoms with Crippen molar-refractivity contribution in [1.29, 1.82) is 0 Å². The molecule has 1 amide bonds. The number of carbonyl (C=O) groups excluding carboxylic acids is 1. The molecule has 0 radical (unpaired) electrons. The normalized spacial score (nSPS) is 18.7. The molecule has 18 heavy (non-hydrogen) atoms. The summed E-state index contributed by atoms with van der Waals surface area (Å²) < 4.78 is 0. The highest BCUT2D eigenvalue weighted by Gasteiger charge is 2.30. The highest BCUT2D eigenvalue weighted by Crippen LogP contribution is 2.39. The minimum atomic E-state index is -0.967. The number of aromatic carboxylic acids is 1. The van der Waals surface area contributed by atoms with Gasteiger partial charge in [0.2, 0.25) is 5.91 Å². The van der Waals surface area contributed by atoms with Crippen LogP contribution in [0.2, 0.25) is 0 Å². The quantitative estimate of drug-likeness (QED) is 0.912. The molecule has 5 heteroatoms. The summed E-state index contributed by atoms with van der Waals surface area (Å²) >= 11 is 1.49.